The van der Waals surface area contributed by atoms with E-state index in [-0.39, 0.29) is 0 Å². The standard InChI is InChI=1S/C12H19BrClNS/c1-4-8(2)5-9(3)15-7-10-6-11(13)12(14)16-10/h6,8-9,15H,4-5,7H2,1-3H3. The number of rotatable bonds is 6. The van der Waals surface area contributed by atoms with Crippen molar-refractivity contribution in [3.63, 3.8) is 0 Å². The fraction of sp³-hybridized carbons (Fsp3) is 0.667. The fourth-order valence-electron chi connectivity index (χ4n) is 1.61. The van der Waals surface area contributed by atoms with Gasteiger partial charge in [-0.2, -0.15) is 0 Å². The van der Waals surface area contributed by atoms with Crippen LogP contribution in [0.15, 0.2) is 10.5 Å². The van der Waals surface area contributed by atoms with Crippen LogP contribution >= 0.6 is 38.9 Å². The molecule has 0 aliphatic rings. The van der Waals surface area contributed by atoms with E-state index in [1.807, 2.05) is 0 Å². The van der Waals surface area contributed by atoms with Crippen molar-refractivity contribution >= 4 is 38.9 Å². The first-order valence-corrected chi connectivity index (χ1v) is 7.68. The third kappa shape index (κ3) is 4.74. The first-order chi connectivity index (χ1) is 7.52. The van der Waals surface area contributed by atoms with Crippen LogP contribution in [0.4, 0.5) is 0 Å². The summed E-state index contributed by atoms with van der Waals surface area (Å²) in [6.45, 7) is 7.70. The quantitative estimate of drug-likeness (QED) is 0.769. The Balaban J connectivity index is 2.34. The lowest BCUT2D eigenvalue weighted by Gasteiger charge is -2.16. The van der Waals surface area contributed by atoms with Crippen molar-refractivity contribution in [2.45, 2.75) is 46.2 Å². The third-order valence-corrected chi connectivity index (χ3v) is 5.25. The Bertz CT molecular complexity index is 307. The van der Waals surface area contributed by atoms with Crippen molar-refractivity contribution in [1.29, 1.82) is 0 Å². The van der Waals surface area contributed by atoms with E-state index < -0.39 is 0 Å². The molecule has 1 N–H and O–H groups in total. The molecule has 0 aromatic carbocycles. The van der Waals surface area contributed by atoms with Crippen molar-refractivity contribution in [2.75, 3.05) is 0 Å². The van der Waals surface area contributed by atoms with Crippen molar-refractivity contribution in [3.8, 4) is 0 Å². The van der Waals surface area contributed by atoms with Crippen molar-refractivity contribution in [1.82, 2.24) is 5.32 Å². The lowest BCUT2D eigenvalue weighted by Crippen LogP contribution is -2.26. The lowest BCUT2D eigenvalue weighted by atomic mass is 10.0. The molecule has 1 rings (SSSR count). The zero-order chi connectivity index (χ0) is 12.1. The van der Waals surface area contributed by atoms with Crippen LogP contribution in [0.1, 0.15) is 38.5 Å². The van der Waals surface area contributed by atoms with E-state index >= 15 is 0 Å². The molecule has 0 fully saturated rings. The molecule has 0 bridgehead atoms. The molecule has 0 aliphatic carbocycles. The Kier molecular flexibility index (Phi) is 6.34. The Hall–Kier alpha value is 0.430. The van der Waals surface area contributed by atoms with Gasteiger partial charge in [0.25, 0.3) is 0 Å². The summed E-state index contributed by atoms with van der Waals surface area (Å²) in [4.78, 5) is 1.29. The molecule has 0 saturated heterocycles. The summed E-state index contributed by atoms with van der Waals surface area (Å²) in [6, 6.07) is 2.66. The van der Waals surface area contributed by atoms with E-state index in [1.165, 1.54) is 17.7 Å². The van der Waals surface area contributed by atoms with Crippen LogP contribution in [-0.2, 0) is 6.54 Å². The minimum Gasteiger partial charge on any atom is -0.309 e. The van der Waals surface area contributed by atoms with Crippen molar-refractivity contribution in [2.24, 2.45) is 5.92 Å². The summed E-state index contributed by atoms with van der Waals surface area (Å²) in [7, 11) is 0. The van der Waals surface area contributed by atoms with E-state index in [2.05, 4.69) is 48.1 Å². The van der Waals surface area contributed by atoms with Gasteiger partial charge in [-0.05, 0) is 41.3 Å². The summed E-state index contributed by atoms with van der Waals surface area (Å²) in [5.74, 6) is 0.793. The van der Waals surface area contributed by atoms with Gasteiger partial charge in [-0.15, -0.1) is 11.3 Å². The third-order valence-electron chi connectivity index (χ3n) is 2.77. The van der Waals surface area contributed by atoms with Crippen LogP contribution in [0.3, 0.4) is 0 Å². The van der Waals surface area contributed by atoms with E-state index in [0.717, 1.165) is 21.3 Å². The molecule has 0 radical (unpaired) electrons. The maximum absolute atomic E-state index is 6.00. The molecular weight excluding hydrogens is 306 g/mol. The number of halogens is 2. The van der Waals surface area contributed by atoms with Crippen LogP contribution in [0, 0.1) is 5.92 Å². The Morgan fingerprint density at radius 1 is 1.50 bits per heavy atom. The van der Waals surface area contributed by atoms with Gasteiger partial charge in [0, 0.05) is 21.9 Å². The van der Waals surface area contributed by atoms with Crippen LogP contribution in [0.25, 0.3) is 0 Å². The Labute approximate surface area is 116 Å². The first kappa shape index (κ1) is 14.5. The molecule has 0 spiro atoms. The second-order valence-electron chi connectivity index (χ2n) is 4.37. The fourth-order valence-corrected chi connectivity index (χ4v) is 3.35. The molecule has 0 saturated carbocycles. The highest BCUT2D eigenvalue weighted by Crippen LogP contribution is 2.31. The monoisotopic (exact) mass is 323 g/mol. The summed E-state index contributed by atoms with van der Waals surface area (Å²) in [6.07, 6.45) is 2.49. The Morgan fingerprint density at radius 2 is 2.19 bits per heavy atom. The lowest BCUT2D eigenvalue weighted by molar-refractivity contribution is 0.413. The summed E-state index contributed by atoms with van der Waals surface area (Å²) >= 11 is 11.1. The Morgan fingerprint density at radius 3 is 2.69 bits per heavy atom. The molecule has 92 valence electrons. The van der Waals surface area contributed by atoms with E-state index in [9.17, 15) is 0 Å². The maximum Gasteiger partial charge on any atom is 0.107 e. The predicted octanol–water partition coefficient (Wildman–Crippen LogP) is 5.08. The summed E-state index contributed by atoms with van der Waals surface area (Å²) in [5, 5.41) is 3.54. The second-order valence-corrected chi connectivity index (χ2v) is 6.96. The van der Waals surface area contributed by atoms with Crippen molar-refractivity contribution in [3.05, 3.63) is 19.8 Å². The van der Waals surface area contributed by atoms with Crippen LogP contribution in [0.5, 0.6) is 0 Å². The molecule has 1 aromatic heterocycles. The van der Waals surface area contributed by atoms with Crippen LogP contribution in [-0.4, -0.2) is 6.04 Å². The zero-order valence-corrected chi connectivity index (χ0v) is 13.2. The molecular formula is C12H19BrClNS. The van der Waals surface area contributed by atoms with Crippen LogP contribution < -0.4 is 5.32 Å². The molecule has 4 heteroatoms. The second kappa shape index (κ2) is 7.00. The van der Waals surface area contributed by atoms with Gasteiger partial charge in [-0.1, -0.05) is 31.9 Å². The van der Waals surface area contributed by atoms with Crippen LogP contribution in [0.2, 0.25) is 4.34 Å². The average Bonchev–Trinajstić information content (AvgIpc) is 2.55. The molecule has 1 heterocycles. The largest absolute Gasteiger partial charge is 0.309 e. The highest BCUT2D eigenvalue weighted by Gasteiger charge is 2.08. The summed E-state index contributed by atoms with van der Waals surface area (Å²) < 4.78 is 1.84. The smallest absolute Gasteiger partial charge is 0.107 e. The van der Waals surface area contributed by atoms with Gasteiger partial charge in [0.1, 0.15) is 4.34 Å². The van der Waals surface area contributed by atoms with E-state index in [1.54, 1.807) is 11.3 Å². The first-order valence-electron chi connectivity index (χ1n) is 5.70. The minimum absolute atomic E-state index is 0.564. The highest BCUT2D eigenvalue weighted by atomic mass is 79.9. The van der Waals surface area contributed by atoms with Gasteiger partial charge < -0.3 is 5.32 Å². The van der Waals surface area contributed by atoms with Gasteiger partial charge in [0.05, 0.1) is 0 Å². The zero-order valence-electron chi connectivity index (χ0n) is 10.0. The normalized spacial score (nSPS) is 15.1. The van der Waals surface area contributed by atoms with Crippen molar-refractivity contribution < 1.29 is 0 Å². The molecule has 0 aliphatic heterocycles. The molecule has 2 atom stereocenters. The topological polar surface area (TPSA) is 12.0 Å². The highest BCUT2D eigenvalue weighted by molar-refractivity contribution is 9.10. The van der Waals surface area contributed by atoms with Gasteiger partial charge in [0.2, 0.25) is 0 Å². The maximum atomic E-state index is 6.00. The molecule has 0 amide bonds. The number of thiophene rings is 1. The van der Waals surface area contributed by atoms with E-state index in [0.29, 0.717) is 6.04 Å². The minimum atomic E-state index is 0.564. The number of nitrogens with one attached hydrogen (secondary N) is 1. The van der Waals surface area contributed by atoms with Gasteiger partial charge >= 0.3 is 0 Å². The SMILES string of the molecule is CCC(C)CC(C)NCc1cc(Br)c(Cl)s1. The van der Waals surface area contributed by atoms with Gasteiger partial charge in [0.15, 0.2) is 0 Å². The van der Waals surface area contributed by atoms with E-state index in [4.69, 9.17) is 11.6 Å². The molecule has 1 aromatic rings. The number of hydrogen-bond donors (Lipinski definition) is 1. The number of hydrogen-bond acceptors (Lipinski definition) is 2. The average molecular weight is 325 g/mol. The predicted molar refractivity (Wildman–Crippen MR) is 77.4 cm³/mol. The molecule has 2 unspecified atom stereocenters. The van der Waals surface area contributed by atoms with Gasteiger partial charge in [-0.25, -0.2) is 0 Å². The molecule has 16 heavy (non-hydrogen) atoms. The summed E-state index contributed by atoms with van der Waals surface area (Å²) in [5.41, 5.74) is 0. The van der Waals surface area contributed by atoms with Gasteiger partial charge in [-0.3, -0.25) is 0 Å². The molecule has 1 nitrogen and oxygen atoms in total.